The number of rotatable bonds is 7. The molecule has 7 nitrogen and oxygen atoms in total. The lowest BCUT2D eigenvalue weighted by Crippen LogP contribution is -2.23. The zero-order valence-electron chi connectivity index (χ0n) is 16.9. The number of nitrogens with zero attached hydrogens (tertiary/aromatic N) is 2. The SMILES string of the molecule is CC(Sc1nccn1-c1ccc(C(C)C)cc1)C(=O)Nc1cccc(S(N)(=O)=O)c1. The van der Waals surface area contributed by atoms with E-state index in [4.69, 9.17) is 5.14 Å². The number of imidazole rings is 1. The van der Waals surface area contributed by atoms with Crippen LogP contribution in [0.2, 0.25) is 0 Å². The van der Waals surface area contributed by atoms with Crippen molar-refractivity contribution in [3.8, 4) is 5.69 Å². The van der Waals surface area contributed by atoms with Gasteiger partial charge in [-0.05, 0) is 48.7 Å². The largest absolute Gasteiger partial charge is 0.325 e. The number of carbonyl (C=O) groups is 1. The highest BCUT2D eigenvalue weighted by Gasteiger charge is 2.19. The van der Waals surface area contributed by atoms with Crippen LogP contribution in [0.1, 0.15) is 32.3 Å². The molecule has 1 unspecified atom stereocenters. The molecule has 0 spiro atoms. The van der Waals surface area contributed by atoms with Crippen LogP contribution in [0.25, 0.3) is 5.69 Å². The lowest BCUT2D eigenvalue weighted by Gasteiger charge is -2.14. The maximum atomic E-state index is 12.6. The van der Waals surface area contributed by atoms with Gasteiger partial charge < -0.3 is 5.32 Å². The van der Waals surface area contributed by atoms with E-state index in [0.29, 0.717) is 16.8 Å². The average Bonchev–Trinajstić information content (AvgIpc) is 3.15. The number of sulfonamides is 1. The van der Waals surface area contributed by atoms with Crippen LogP contribution in [-0.2, 0) is 14.8 Å². The van der Waals surface area contributed by atoms with E-state index in [1.165, 1.54) is 35.5 Å². The summed E-state index contributed by atoms with van der Waals surface area (Å²) < 4.78 is 24.9. The van der Waals surface area contributed by atoms with Gasteiger partial charge in [0.25, 0.3) is 0 Å². The molecule has 0 aliphatic rings. The van der Waals surface area contributed by atoms with E-state index in [0.717, 1.165) is 5.69 Å². The highest BCUT2D eigenvalue weighted by Crippen LogP contribution is 2.26. The normalized spacial score (nSPS) is 12.7. The molecule has 1 atom stereocenters. The van der Waals surface area contributed by atoms with Crippen molar-refractivity contribution in [1.82, 2.24) is 9.55 Å². The number of hydrogen-bond donors (Lipinski definition) is 2. The summed E-state index contributed by atoms with van der Waals surface area (Å²) in [6, 6.07) is 14.1. The van der Waals surface area contributed by atoms with Crippen LogP contribution in [-0.4, -0.2) is 29.1 Å². The summed E-state index contributed by atoms with van der Waals surface area (Å²) in [5, 5.41) is 8.11. The van der Waals surface area contributed by atoms with Crippen molar-refractivity contribution in [1.29, 1.82) is 0 Å². The van der Waals surface area contributed by atoms with Crippen LogP contribution in [0, 0.1) is 0 Å². The molecule has 0 saturated carbocycles. The third-order valence-electron chi connectivity index (χ3n) is 4.53. The van der Waals surface area contributed by atoms with Crippen LogP contribution < -0.4 is 10.5 Å². The molecule has 1 amide bonds. The van der Waals surface area contributed by atoms with Crippen LogP contribution in [0.3, 0.4) is 0 Å². The van der Waals surface area contributed by atoms with Gasteiger partial charge in [0, 0.05) is 23.8 Å². The Kier molecular flexibility index (Phi) is 6.64. The lowest BCUT2D eigenvalue weighted by atomic mass is 10.0. The van der Waals surface area contributed by atoms with Crippen molar-refractivity contribution in [3.05, 3.63) is 66.5 Å². The number of nitrogens with two attached hydrogens (primary N) is 1. The van der Waals surface area contributed by atoms with Crippen LogP contribution in [0.15, 0.2) is 71.0 Å². The number of carbonyl (C=O) groups excluding carboxylic acids is 1. The number of anilines is 1. The Morgan fingerprint density at radius 2 is 1.83 bits per heavy atom. The number of benzene rings is 2. The summed E-state index contributed by atoms with van der Waals surface area (Å²) in [6.07, 6.45) is 3.55. The monoisotopic (exact) mass is 444 g/mol. The lowest BCUT2D eigenvalue weighted by molar-refractivity contribution is -0.115. The summed E-state index contributed by atoms with van der Waals surface area (Å²) in [5.41, 5.74) is 2.59. The summed E-state index contributed by atoms with van der Waals surface area (Å²) in [5.74, 6) is 0.184. The molecule has 3 rings (SSSR count). The number of amides is 1. The number of nitrogens with one attached hydrogen (secondary N) is 1. The molecule has 0 fully saturated rings. The van der Waals surface area contributed by atoms with Crippen molar-refractivity contribution in [2.24, 2.45) is 5.14 Å². The van der Waals surface area contributed by atoms with E-state index >= 15 is 0 Å². The van der Waals surface area contributed by atoms with E-state index in [-0.39, 0.29) is 10.8 Å². The fourth-order valence-corrected chi connectivity index (χ4v) is 4.24. The Morgan fingerprint density at radius 1 is 1.13 bits per heavy atom. The summed E-state index contributed by atoms with van der Waals surface area (Å²) >= 11 is 1.32. The van der Waals surface area contributed by atoms with Crippen LogP contribution >= 0.6 is 11.8 Å². The quantitative estimate of drug-likeness (QED) is 0.540. The molecular formula is C21H24N4O3S2. The number of aromatic nitrogens is 2. The Balaban J connectivity index is 1.72. The van der Waals surface area contributed by atoms with Gasteiger partial charge in [-0.1, -0.05) is 43.8 Å². The molecule has 0 aliphatic carbocycles. The second-order valence-electron chi connectivity index (χ2n) is 7.15. The van der Waals surface area contributed by atoms with Crippen molar-refractivity contribution >= 4 is 33.4 Å². The van der Waals surface area contributed by atoms with Crippen molar-refractivity contribution in [3.63, 3.8) is 0 Å². The topological polar surface area (TPSA) is 107 Å². The molecule has 3 aromatic rings. The molecular weight excluding hydrogens is 420 g/mol. The van der Waals surface area contributed by atoms with E-state index < -0.39 is 15.3 Å². The third-order valence-corrected chi connectivity index (χ3v) is 6.52. The Labute approximate surface area is 180 Å². The number of hydrogen-bond acceptors (Lipinski definition) is 5. The molecule has 0 bridgehead atoms. The van der Waals surface area contributed by atoms with Gasteiger partial charge in [0.2, 0.25) is 15.9 Å². The van der Waals surface area contributed by atoms with Gasteiger partial charge >= 0.3 is 0 Å². The van der Waals surface area contributed by atoms with Crippen LogP contribution in [0.4, 0.5) is 5.69 Å². The number of thioether (sulfide) groups is 1. The molecule has 1 heterocycles. The molecule has 158 valence electrons. The predicted molar refractivity (Wildman–Crippen MR) is 119 cm³/mol. The maximum absolute atomic E-state index is 12.6. The molecule has 2 aromatic carbocycles. The second kappa shape index (κ2) is 9.03. The van der Waals surface area contributed by atoms with E-state index in [9.17, 15) is 13.2 Å². The van der Waals surface area contributed by atoms with E-state index in [2.05, 4.69) is 36.3 Å². The van der Waals surface area contributed by atoms with Gasteiger partial charge in [-0.25, -0.2) is 18.5 Å². The zero-order chi connectivity index (χ0) is 21.9. The molecule has 1 aromatic heterocycles. The van der Waals surface area contributed by atoms with Gasteiger partial charge in [0.1, 0.15) is 0 Å². The highest BCUT2D eigenvalue weighted by molar-refractivity contribution is 8.00. The Bertz CT molecular complexity index is 1140. The molecule has 0 saturated heterocycles. The standard InChI is InChI=1S/C21H24N4O3S2/c1-14(2)16-7-9-18(10-8-16)25-12-11-23-21(25)29-15(3)20(26)24-17-5-4-6-19(13-17)30(22,27)28/h4-15H,1-3H3,(H,24,26)(H2,22,27,28). The van der Waals surface area contributed by atoms with E-state index in [1.54, 1.807) is 19.2 Å². The fraction of sp³-hybridized carbons (Fsp3) is 0.238. The Morgan fingerprint density at radius 3 is 2.47 bits per heavy atom. The van der Waals surface area contributed by atoms with Gasteiger partial charge in [-0.3, -0.25) is 9.36 Å². The summed E-state index contributed by atoms with van der Waals surface area (Å²) in [6.45, 7) is 6.06. The molecule has 9 heteroatoms. The zero-order valence-corrected chi connectivity index (χ0v) is 18.6. The van der Waals surface area contributed by atoms with Gasteiger partial charge in [-0.15, -0.1) is 0 Å². The molecule has 0 aliphatic heterocycles. The third kappa shape index (κ3) is 5.29. The minimum Gasteiger partial charge on any atom is -0.325 e. The van der Waals surface area contributed by atoms with Gasteiger partial charge in [0.15, 0.2) is 5.16 Å². The van der Waals surface area contributed by atoms with Crippen molar-refractivity contribution in [2.75, 3.05) is 5.32 Å². The van der Waals surface area contributed by atoms with Crippen molar-refractivity contribution in [2.45, 2.75) is 42.0 Å². The molecule has 30 heavy (non-hydrogen) atoms. The fourth-order valence-electron chi connectivity index (χ4n) is 2.80. The first-order valence-corrected chi connectivity index (χ1v) is 11.8. The van der Waals surface area contributed by atoms with E-state index in [1.807, 2.05) is 22.9 Å². The van der Waals surface area contributed by atoms with Gasteiger partial charge in [-0.2, -0.15) is 0 Å². The first-order valence-electron chi connectivity index (χ1n) is 9.39. The Hall–Kier alpha value is -2.62. The smallest absolute Gasteiger partial charge is 0.238 e. The van der Waals surface area contributed by atoms with Crippen LogP contribution in [0.5, 0.6) is 0 Å². The summed E-state index contributed by atoms with van der Waals surface area (Å²) in [7, 11) is -3.84. The highest BCUT2D eigenvalue weighted by atomic mass is 32.2. The first kappa shape index (κ1) is 22.1. The maximum Gasteiger partial charge on any atom is 0.238 e. The van der Waals surface area contributed by atoms with Crippen molar-refractivity contribution < 1.29 is 13.2 Å². The predicted octanol–water partition coefficient (Wildman–Crippen LogP) is 3.76. The average molecular weight is 445 g/mol. The minimum absolute atomic E-state index is 0.0546. The second-order valence-corrected chi connectivity index (χ2v) is 10.0. The summed E-state index contributed by atoms with van der Waals surface area (Å²) in [4.78, 5) is 16.9. The van der Waals surface area contributed by atoms with Gasteiger partial charge in [0.05, 0.1) is 10.1 Å². The number of primary sulfonamides is 1. The minimum atomic E-state index is -3.84. The molecule has 0 radical (unpaired) electrons. The first-order chi connectivity index (χ1) is 14.1. The molecule has 3 N–H and O–H groups in total.